The molecule has 3 fully saturated rings. The molecule has 210 valence electrons. The first-order valence-corrected chi connectivity index (χ1v) is 14.6. The van der Waals surface area contributed by atoms with Crippen molar-refractivity contribution in [1.82, 2.24) is 9.21 Å². The Labute approximate surface area is 224 Å². The maximum absolute atomic E-state index is 15.3. The van der Waals surface area contributed by atoms with Gasteiger partial charge in [-0.1, -0.05) is 18.2 Å². The molecular formula is C27H29F4N3O4S. The van der Waals surface area contributed by atoms with Crippen molar-refractivity contribution >= 4 is 21.8 Å². The Kier molecular flexibility index (Phi) is 6.77. The van der Waals surface area contributed by atoms with Gasteiger partial charge in [-0.15, -0.1) is 0 Å². The highest BCUT2D eigenvalue weighted by Crippen LogP contribution is 2.54. The SMILES string of the molecule is CS(=O)(=O)N1CC(c2cccc(C(=O)N3CCC[C@@]3(C(N)=O)[C@@H](c3ccc(C(F)(F)F)cc3F)C3CC3)c2)C1. The molecule has 0 radical (unpaired) electrons. The molecule has 7 nitrogen and oxygen atoms in total. The average Bonchev–Trinajstić information content (AvgIpc) is 3.54. The van der Waals surface area contributed by atoms with Crippen LogP contribution in [-0.2, 0) is 21.0 Å². The molecule has 2 aromatic carbocycles. The van der Waals surface area contributed by atoms with Crippen molar-refractivity contribution in [3.8, 4) is 0 Å². The minimum Gasteiger partial charge on any atom is -0.368 e. The Bertz CT molecular complexity index is 1420. The summed E-state index contributed by atoms with van der Waals surface area (Å²) in [5, 5.41) is 0. The van der Waals surface area contributed by atoms with Gasteiger partial charge < -0.3 is 10.6 Å². The molecule has 2 aliphatic heterocycles. The standard InChI is InChI=1S/C27H29F4N3O4S/c1-39(37,38)33-14-19(15-33)17-4-2-5-18(12-17)24(35)34-11-3-10-26(34,25(32)36)23(16-6-7-16)21-9-8-20(13-22(21)28)27(29,30)31/h2,4-5,8-9,12-13,16,19,23H,3,6-7,10-11,14-15H2,1H3,(H2,32,36)/t23-,26+/m1/s1. The van der Waals surface area contributed by atoms with Crippen LogP contribution in [0.3, 0.4) is 0 Å². The molecule has 2 amide bonds. The number of rotatable bonds is 7. The van der Waals surface area contributed by atoms with Crippen molar-refractivity contribution in [3.63, 3.8) is 0 Å². The lowest BCUT2D eigenvalue weighted by atomic mass is 9.73. The minimum atomic E-state index is -4.73. The number of likely N-dealkylation sites (tertiary alicyclic amines) is 1. The third-order valence-electron chi connectivity index (χ3n) is 8.29. The monoisotopic (exact) mass is 567 g/mol. The predicted molar refractivity (Wildman–Crippen MR) is 135 cm³/mol. The molecule has 5 rings (SSSR count). The van der Waals surface area contributed by atoms with Crippen LogP contribution in [0.2, 0.25) is 0 Å². The lowest BCUT2D eigenvalue weighted by Gasteiger charge is -2.43. The Hall–Kier alpha value is -2.99. The molecule has 12 heteroatoms. The van der Waals surface area contributed by atoms with Crippen molar-refractivity contribution in [1.29, 1.82) is 0 Å². The number of hydrogen-bond donors (Lipinski definition) is 1. The molecule has 2 saturated heterocycles. The van der Waals surface area contributed by atoms with E-state index >= 15 is 4.39 Å². The maximum Gasteiger partial charge on any atom is 0.416 e. The first kappa shape index (κ1) is 27.6. The number of halogens is 4. The summed E-state index contributed by atoms with van der Waals surface area (Å²) in [5.41, 5.74) is 4.23. The number of primary amides is 1. The molecule has 1 aliphatic carbocycles. The third kappa shape index (κ3) is 4.93. The summed E-state index contributed by atoms with van der Waals surface area (Å²) < 4.78 is 79.7. The molecule has 0 bridgehead atoms. The van der Waals surface area contributed by atoms with Gasteiger partial charge in [0.25, 0.3) is 5.91 Å². The van der Waals surface area contributed by atoms with Gasteiger partial charge in [0.05, 0.1) is 11.8 Å². The van der Waals surface area contributed by atoms with E-state index in [0.717, 1.165) is 24.0 Å². The number of carbonyl (C=O) groups is 2. The highest BCUT2D eigenvalue weighted by atomic mass is 32.2. The van der Waals surface area contributed by atoms with Gasteiger partial charge in [-0.3, -0.25) is 9.59 Å². The van der Waals surface area contributed by atoms with Crippen LogP contribution in [0.25, 0.3) is 0 Å². The summed E-state index contributed by atoms with van der Waals surface area (Å²) in [6.07, 6.45) is -1.73. The molecule has 0 unspecified atom stereocenters. The molecular weight excluding hydrogens is 538 g/mol. The first-order valence-electron chi connectivity index (χ1n) is 12.8. The zero-order valence-corrected chi connectivity index (χ0v) is 22.1. The molecule has 2 aromatic rings. The van der Waals surface area contributed by atoms with Gasteiger partial charge in [0.15, 0.2) is 0 Å². The Morgan fingerprint density at radius 1 is 1.10 bits per heavy atom. The summed E-state index contributed by atoms with van der Waals surface area (Å²) in [6, 6.07) is 9.04. The normalized spacial score (nSPS) is 23.5. The summed E-state index contributed by atoms with van der Waals surface area (Å²) in [7, 11) is -3.31. The van der Waals surface area contributed by atoms with Gasteiger partial charge in [-0.2, -0.15) is 13.2 Å². The van der Waals surface area contributed by atoms with E-state index in [4.69, 9.17) is 5.73 Å². The number of amides is 2. The molecule has 2 atom stereocenters. The van der Waals surface area contributed by atoms with Crippen LogP contribution in [0.15, 0.2) is 42.5 Å². The Morgan fingerprint density at radius 2 is 1.79 bits per heavy atom. The average molecular weight is 568 g/mol. The molecule has 1 saturated carbocycles. The fourth-order valence-corrected chi connectivity index (χ4v) is 7.05. The van der Waals surface area contributed by atoms with E-state index in [1.165, 1.54) is 9.21 Å². The molecule has 39 heavy (non-hydrogen) atoms. The molecule has 3 aliphatic rings. The van der Waals surface area contributed by atoms with Crippen LogP contribution in [0.1, 0.15) is 64.6 Å². The van der Waals surface area contributed by atoms with E-state index in [2.05, 4.69) is 0 Å². The van der Waals surface area contributed by atoms with Gasteiger partial charge in [-0.05, 0) is 67.0 Å². The predicted octanol–water partition coefficient (Wildman–Crippen LogP) is 3.86. The Morgan fingerprint density at radius 3 is 2.36 bits per heavy atom. The number of hydrogen-bond acceptors (Lipinski definition) is 4. The number of carbonyl (C=O) groups excluding carboxylic acids is 2. The van der Waals surface area contributed by atoms with Crippen LogP contribution in [-0.4, -0.2) is 60.9 Å². The van der Waals surface area contributed by atoms with E-state index in [1.54, 1.807) is 24.3 Å². The second-order valence-corrected chi connectivity index (χ2v) is 12.8. The van der Waals surface area contributed by atoms with Crippen LogP contribution in [0, 0.1) is 11.7 Å². The number of nitrogens with two attached hydrogens (primary N) is 1. The lowest BCUT2D eigenvalue weighted by molar-refractivity contribution is -0.138. The smallest absolute Gasteiger partial charge is 0.368 e. The van der Waals surface area contributed by atoms with Crippen molar-refractivity contribution in [2.24, 2.45) is 11.7 Å². The molecule has 0 aromatic heterocycles. The summed E-state index contributed by atoms with van der Waals surface area (Å²) in [4.78, 5) is 28.4. The summed E-state index contributed by atoms with van der Waals surface area (Å²) in [6.45, 7) is 0.771. The largest absolute Gasteiger partial charge is 0.416 e. The van der Waals surface area contributed by atoms with Crippen molar-refractivity contribution in [3.05, 3.63) is 70.5 Å². The fourth-order valence-electron chi connectivity index (χ4n) is 6.14. The van der Waals surface area contributed by atoms with Crippen LogP contribution >= 0.6 is 0 Å². The highest BCUT2D eigenvalue weighted by Gasteiger charge is 2.59. The van der Waals surface area contributed by atoms with Gasteiger partial charge in [-0.25, -0.2) is 17.1 Å². The fraction of sp³-hybridized carbons (Fsp3) is 0.481. The number of sulfonamides is 1. The van der Waals surface area contributed by atoms with E-state index in [1.807, 2.05) is 0 Å². The third-order valence-corrected chi connectivity index (χ3v) is 9.52. The topological polar surface area (TPSA) is 101 Å². The van der Waals surface area contributed by atoms with Crippen molar-refractivity contribution in [2.45, 2.75) is 49.2 Å². The lowest BCUT2D eigenvalue weighted by Crippen LogP contribution is -2.60. The zero-order valence-electron chi connectivity index (χ0n) is 21.2. The Balaban J connectivity index is 1.49. The van der Waals surface area contributed by atoms with E-state index in [9.17, 15) is 31.2 Å². The van der Waals surface area contributed by atoms with Crippen molar-refractivity contribution in [2.75, 3.05) is 25.9 Å². The van der Waals surface area contributed by atoms with Crippen LogP contribution in [0.4, 0.5) is 17.6 Å². The minimum absolute atomic E-state index is 0.0481. The summed E-state index contributed by atoms with van der Waals surface area (Å²) >= 11 is 0. The quantitative estimate of drug-likeness (QED) is 0.514. The molecule has 0 spiro atoms. The zero-order chi connectivity index (χ0) is 28.3. The van der Waals surface area contributed by atoms with Gasteiger partial charge in [0.2, 0.25) is 15.9 Å². The second kappa shape index (κ2) is 9.58. The van der Waals surface area contributed by atoms with Crippen LogP contribution < -0.4 is 5.73 Å². The van der Waals surface area contributed by atoms with Crippen LogP contribution in [0.5, 0.6) is 0 Å². The molecule has 2 N–H and O–H groups in total. The van der Waals surface area contributed by atoms with E-state index in [-0.39, 0.29) is 35.9 Å². The van der Waals surface area contributed by atoms with Crippen molar-refractivity contribution < 1.29 is 35.6 Å². The van der Waals surface area contributed by atoms with Gasteiger partial charge in [0, 0.05) is 37.0 Å². The van der Waals surface area contributed by atoms with E-state index < -0.39 is 50.9 Å². The van der Waals surface area contributed by atoms with Gasteiger partial charge >= 0.3 is 6.18 Å². The first-order chi connectivity index (χ1) is 18.2. The van der Waals surface area contributed by atoms with Gasteiger partial charge in [0.1, 0.15) is 11.4 Å². The summed E-state index contributed by atoms with van der Waals surface area (Å²) in [5.74, 6) is -3.56. The number of nitrogens with zero attached hydrogens (tertiary/aromatic N) is 2. The maximum atomic E-state index is 15.3. The van der Waals surface area contributed by atoms with E-state index in [0.29, 0.717) is 38.4 Å². The number of alkyl halides is 3. The molecule has 2 heterocycles. The second-order valence-electron chi connectivity index (χ2n) is 10.8. The highest BCUT2D eigenvalue weighted by molar-refractivity contribution is 7.88. The number of benzene rings is 2.